The van der Waals surface area contributed by atoms with Crippen LogP contribution >= 0.6 is 11.8 Å². The molecule has 1 aliphatic heterocycles. The standard InChI is InChI=1S/C16H13NO3S/c18-15(14-9-10-5-1-4-8-13(10)21-14)17-12-7-3-2-6-11(12)16(19)20/h1-8,14H,9H2,(H,17,18)(H,19,20)/t14-/m0/s1. The second-order valence-electron chi connectivity index (χ2n) is 4.76. The number of thioether (sulfide) groups is 1. The van der Waals surface area contributed by atoms with Gasteiger partial charge in [-0.05, 0) is 30.2 Å². The number of carboxylic acid groups (broad SMARTS) is 1. The molecule has 3 rings (SSSR count). The number of hydrogen-bond donors (Lipinski definition) is 2. The number of aromatic carboxylic acids is 1. The number of nitrogens with one attached hydrogen (secondary N) is 1. The fourth-order valence-corrected chi connectivity index (χ4v) is 3.52. The van der Waals surface area contributed by atoms with E-state index in [0.29, 0.717) is 12.1 Å². The first-order chi connectivity index (χ1) is 10.1. The molecule has 2 aromatic carbocycles. The number of benzene rings is 2. The number of amides is 1. The van der Waals surface area contributed by atoms with E-state index in [2.05, 4.69) is 5.32 Å². The minimum Gasteiger partial charge on any atom is -0.478 e. The topological polar surface area (TPSA) is 66.4 Å². The first-order valence-corrected chi connectivity index (χ1v) is 7.41. The first kappa shape index (κ1) is 13.7. The van der Waals surface area contributed by atoms with Gasteiger partial charge in [-0.15, -0.1) is 11.8 Å². The predicted molar refractivity (Wildman–Crippen MR) is 81.8 cm³/mol. The molecule has 1 heterocycles. The third-order valence-corrected chi connectivity index (χ3v) is 4.67. The molecule has 106 valence electrons. The van der Waals surface area contributed by atoms with Crippen molar-refractivity contribution in [2.75, 3.05) is 5.32 Å². The van der Waals surface area contributed by atoms with Crippen LogP contribution in [0.3, 0.4) is 0 Å². The van der Waals surface area contributed by atoms with Crippen molar-refractivity contribution in [2.45, 2.75) is 16.6 Å². The molecule has 1 atom stereocenters. The zero-order chi connectivity index (χ0) is 14.8. The van der Waals surface area contributed by atoms with E-state index < -0.39 is 5.97 Å². The van der Waals surface area contributed by atoms with Crippen molar-refractivity contribution in [2.24, 2.45) is 0 Å². The van der Waals surface area contributed by atoms with Crippen LogP contribution in [0.4, 0.5) is 5.69 Å². The molecule has 0 bridgehead atoms. The van der Waals surface area contributed by atoms with Gasteiger partial charge in [0, 0.05) is 4.90 Å². The van der Waals surface area contributed by atoms with Crippen LogP contribution in [0, 0.1) is 0 Å². The van der Waals surface area contributed by atoms with Gasteiger partial charge >= 0.3 is 5.97 Å². The fourth-order valence-electron chi connectivity index (χ4n) is 2.32. The van der Waals surface area contributed by atoms with E-state index in [1.165, 1.54) is 17.8 Å². The summed E-state index contributed by atoms with van der Waals surface area (Å²) in [5.41, 5.74) is 1.60. The molecule has 0 spiro atoms. The number of para-hydroxylation sites is 1. The van der Waals surface area contributed by atoms with Gasteiger partial charge in [0.25, 0.3) is 0 Å². The van der Waals surface area contributed by atoms with Crippen molar-refractivity contribution in [1.29, 1.82) is 0 Å². The maximum absolute atomic E-state index is 12.3. The Morgan fingerprint density at radius 1 is 1.10 bits per heavy atom. The SMILES string of the molecule is O=C(O)c1ccccc1NC(=O)[C@@H]1Cc2ccccc2S1. The van der Waals surface area contributed by atoms with Gasteiger partial charge in [-0.3, -0.25) is 4.79 Å². The zero-order valence-corrected chi connectivity index (χ0v) is 11.9. The molecular weight excluding hydrogens is 286 g/mol. The number of hydrogen-bond acceptors (Lipinski definition) is 3. The molecule has 0 fully saturated rings. The van der Waals surface area contributed by atoms with Crippen molar-refractivity contribution in [3.63, 3.8) is 0 Å². The molecule has 5 heteroatoms. The van der Waals surface area contributed by atoms with Gasteiger partial charge in [-0.2, -0.15) is 0 Å². The third-order valence-electron chi connectivity index (χ3n) is 3.35. The summed E-state index contributed by atoms with van der Waals surface area (Å²) in [5.74, 6) is -1.21. The molecule has 1 amide bonds. The van der Waals surface area contributed by atoms with Gasteiger partial charge in [0.1, 0.15) is 0 Å². The summed E-state index contributed by atoms with van der Waals surface area (Å²) in [5, 5.41) is 11.6. The first-order valence-electron chi connectivity index (χ1n) is 6.53. The number of carboxylic acids is 1. The highest BCUT2D eigenvalue weighted by molar-refractivity contribution is 8.01. The predicted octanol–water partition coefficient (Wildman–Crippen LogP) is 3.04. The van der Waals surface area contributed by atoms with Crippen molar-refractivity contribution in [3.05, 3.63) is 59.7 Å². The van der Waals surface area contributed by atoms with Crippen LogP contribution in [-0.2, 0) is 11.2 Å². The number of carbonyl (C=O) groups is 2. The van der Waals surface area contributed by atoms with E-state index in [-0.39, 0.29) is 16.7 Å². The summed E-state index contributed by atoms with van der Waals surface area (Å²) >= 11 is 1.52. The van der Waals surface area contributed by atoms with E-state index in [1.54, 1.807) is 18.2 Å². The Hall–Kier alpha value is -2.27. The smallest absolute Gasteiger partial charge is 0.337 e. The third kappa shape index (κ3) is 2.78. The molecule has 0 saturated carbocycles. The van der Waals surface area contributed by atoms with Crippen LogP contribution in [0.25, 0.3) is 0 Å². The molecule has 0 aliphatic carbocycles. The van der Waals surface area contributed by atoms with Gasteiger partial charge in [-0.1, -0.05) is 30.3 Å². The van der Waals surface area contributed by atoms with Crippen molar-refractivity contribution < 1.29 is 14.7 Å². The average Bonchev–Trinajstić information content (AvgIpc) is 2.91. The maximum atomic E-state index is 12.3. The molecule has 0 unspecified atom stereocenters. The van der Waals surface area contributed by atoms with Crippen molar-refractivity contribution in [1.82, 2.24) is 0 Å². The second kappa shape index (κ2) is 5.61. The lowest BCUT2D eigenvalue weighted by Crippen LogP contribution is -2.25. The molecule has 0 radical (unpaired) electrons. The summed E-state index contributed by atoms with van der Waals surface area (Å²) < 4.78 is 0. The summed E-state index contributed by atoms with van der Waals surface area (Å²) in [6.45, 7) is 0. The number of fused-ring (bicyclic) bond motifs is 1. The van der Waals surface area contributed by atoms with Crippen LogP contribution in [0.15, 0.2) is 53.4 Å². The number of carbonyl (C=O) groups excluding carboxylic acids is 1. The van der Waals surface area contributed by atoms with E-state index in [9.17, 15) is 9.59 Å². The average molecular weight is 299 g/mol. The lowest BCUT2D eigenvalue weighted by molar-refractivity contribution is -0.115. The lowest BCUT2D eigenvalue weighted by Gasteiger charge is -2.11. The van der Waals surface area contributed by atoms with Crippen LogP contribution in [0.2, 0.25) is 0 Å². The van der Waals surface area contributed by atoms with Crippen LogP contribution in [0.1, 0.15) is 15.9 Å². The van der Waals surface area contributed by atoms with E-state index in [1.807, 2.05) is 24.3 Å². The molecule has 2 aromatic rings. The van der Waals surface area contributed by atoms with Gasteiger partial charge in [0.2, 0.25) is 5.91 Å². The molecular formula is C16H13NO3S. The maximum Gasteiger partial charge on any atom is 0.337 e. The largest absolute Gasteiger partial charge is 0.478 e. The monoisotopic (exact) mass is 299 g/mol. The summed E-state index contributed by atoms with van der Waals surface area (Å²) in [4.78, 5) is 24.6. The minimum absolute atomic E-state index is 0.103. The Morgan fingerprint density at radius 3 is 2.57 bits per heavy atom. The highest BCUT2D eigenvalue weighted by atomic mass is 32.2. The Balaban J connectivity index is 1.76. The van der Waals surface area contributed by atoms with E-state index in [4.69, 9.17) is 5.11 Å². The molecule has 0 aromatic heterocycles. The van der Waals surface area contributed by atoms with Crippen LogP contribution < -0.4 is 5.32 Å². The van der Waals surface area contributed by atoms with E-state index in [0.717, 1.165) is 10.5 Å². The van der Waals surface area contributed by atoms with Gasteiger partial charge in [0.15, 0.2) is 0 Å². The molecule has 1 aliphatic rings. The lowest BCUT2D eigenvalue weighted by atomic mass is 10.1. The number of anilines is 1. The quantitative estimate of drug-likeness (QED) is 0.914. The summed E-state index contributed by atoms with van der Waals surface area (Å²) in [6, 6.07) is 14.4. The Morgan fingerprint density at radius 2 is 1.81 bits per heavy atom. The molecule has 2 N–H and O–H groups in total. The second-order valence-corrected chi connectivity index (χ2v) is 6.00. The van der Waals surface area contributed by atoms with E-state index >= 15 is 0 Å². The van der Waals surface area contributed by atoms with Gasteiger partial charge in [-0.25, -0.2) is 4.79 Å². The minimum atomic E-state index is -1.05. The van der Waals surface area contributed by atoms with Gasteiger partial charge < -0.3 is 10.4 Å². The van der Waals surface area contributed by atoms with Crippen LogP contribution in [-0.4, -0.2) is 22.2 Å². The highest BCUT2D eigenvalue weighted by Gasteiger charge is 2.28. The summed E-state index contributed by atoms with van der Waals surface area (Å²) in [7, 11) is 0. The molecule has 0 saturated heterocycles. The Labute approximate surface area is 126 Å². The van der Waals surface area contributed by atoms with Crippen molar-refractivity contribution >= 4 is 29.3 Å². The number of rotatable bonds is 3. The molecule has 21 heavy (non-hydrogen) atoms. The normalized spacial score (nSPS) is 16.3. The fraction of sp³-hybridized carbons (Fsp3) is 0.125. The summed E-state index contributed by atoms with van der Waals surface area (Å²) in [6.07, 6.45) is 0.669. The van der Waals surface area contributed by atoms with Crippen LogP contribution in [0.5, 0.6) is 0 Å². The Kier molecular flexibility index (Phi) is 3.66. The highest BCUT2D eigenvalue weighted by Crippen LogP contribution is 2.37. The van der Waals surface area contributed by atoms with Crippen molar-refractivity contribution in [3.8, 4) is 0 Å². The van der Waals surface area contributed by atoms with Gasteiger partial charge in [0.05, 0.1) is 16.5 Å². The molecule has 4 nitrogen and oxygen atoms in total. The Bertz CT molecular complexity index is 689. The zero-order valence-electron chi connectivity index (χ0n) is 11.1.